The molecule has 104 valence electrons. The fourth-order valence-electron chi connectivity index (χ4n) is 2.09. The summed E-state index contributed by atoms with van der Waals surface area (Å²) in [4.78, 5) is 0. The summed E-state index contributed by atoms with van der Waals surface area (Å²) in [6, 6.07) is 23.8. The van der Waals surface area contributed by atoms with Crippen molar-refractivity contribution < 1.29 is 4.74 Å². The quantitative estimate of drug-likeness (QED) is 0.640. The molecule has 3 aromatic rings. The zero-order chi connectivity index (χ0) is 14.7. The molecule has 0 bridgehead atoms. The first-order valence-corrected chi connectivity index (χ1v) is 7.40. The maximum atomic E-state index is 5.94. The fraction of sp³-hybridized carbons (Fsp3) is 0. The van der Waals surface area contributed by atoms with Gasteiger partial charge in [-0.3, -0.25) is 0 Å². The SMILES string of the molecule is Nc1cc(Br)ccc1Oc1ccc(-c2ccccc2)cc1. The minimum Gasteiger partial charge on any atom is -0.455 e. The zero-order valence-corrected chi connectivity index (χ0v) is 12.9. The molecule has 0 aliphatic heterocycles. The second-order valence-corrected chi connectivity index (χ2v) is 5.59. The van der Waals surface area contributed by atoms with Gasteiger partial charge >= 0.3 is 0 Å². The summed E-state index contributed by atoms with van der Waals surface area (Å²) in [5.74, 6) is 1.43. The molecule has 0 saturated carbocycles. The van der Waals surface area contributed by atoms with E-state index in [-0.39, 0.29) is 0 Å². The topological polar surface area (TPSA) is 35.2 Å². The summed E-state index contributed by atoms with van der Waals surface area (Å²) >= 11 is 3.38. The van der Waals surface area contributed by atoms with Crippen LogP contribution in [0.3, 0.4) is 0 Å². The maximum absolute atomic E-state index is 5.94. The molecule has 0 heterocycles. The number of hydrogen-bond acceptors (Lipinski definition) is 2. The Bertz CT molecular complexity index is 739. The Labute approximate surface area is 132 Å². The van der Waals surface area contributed by atoms with Crippen LogP contribution in [0.5, 0.6) is 11.5 Å². The van der Waals surface area contributed by atoms with Gasteiger partial charge in [-0.05, 0) is 41.5 Å². The van der Waals surface area contributed by atoms with Crippen LogP contribution < -0.4 is 10.5 Å². The first kappa shape index (κ1) is 13.7. The molecule has 3 rings (SSSR count). The molecule has 3 heteroatoms. The predicted octanol–water partition coefficient (Wildman–Crippen LogP) is 5.49. The molecule has 0 atom stereocenters. The van der Waals surface area contributed by atoms with Gasteiger partial charge in [-0.2, -0.15) is 0 Å². The van der Waals surface area contributed by atoms with Crippen molar-refractivity contribution in [3.05, 3.63) is 77.3 Å². The molecule has 2 N–H and O–H groups in total. The van der Waals surface area contributed by atoms with Crippen LogP contribution in [0, 0.1) is 0 Å². The first-order chi connectivity index (χ1) is 10.2. The lowest BCUT2D eigenvalue weighted by atomic mass is 10.1. The van der Waals surface area contributed by atoms with E-state index in [4.69, 9.17) is 10.5 Å². The monoisotopic (exact) mass is 339 g/mol. The molecule has 21 heavy (non-hydrogen) atoms. The lowest BCUT2D eigenvalue weighted by Gasteiger charge is -2.09. The number of nitrogens with two attached hydrogens (primary N) is 1. The number of benzene rings is 3. The largest absolute Gasteiger partial charge is 0.455 e. The highest BCUT2D eigenvalue weighted by Gasteiger charge is 2.03. The third kappa shape index (κ3) is 3.26. The molecule has 2 nitrogen and oxygen atoms in total. The lowest BCUT2D eigenvalue weighted by molar-refractivity contribution is 0.485. The van der Waals surface area contributed by atoms with Gasteiger partial charge in [-0.15, -0.1) is 0 Å². The van der Waals surface area contributed by atoms with Crippen LogP contribution in [0.15, 0.2) is 77.3 Å². The molecular weight excluding hydrogens is 326 g/mol. The number of anilines is 1. The predicted molar refractivity (Wildman–Crippen MR) is 90.5 cm³/mol. The Kier molecular flexibility index (Phi) is 3.93. The van der Waals surface area contributed by atoms with E-state index in [1.165, 1.54) is 5.56 Å². The zero-order valence-electron chi connectivity index (χ0n) is 11.3. The number of ether oxygens (including phenoxy) is 1. The van der Waals surface area contributed by atoms with Gasteiger partial charge in [-0.25, -0.2) is 0 Å². The van der Waals surface area contributed by atoms with Crippen molar-refractivity contribution in [2.45, 2.75) is 0 Å². The van der Waals surface area contributed by atoms with Crippen molar-refractivity contribution in [2.75, 3.05) is 5.73 Å². The molecule has 0 spiro atoms. The molecular formula is C18H14BrNO. The van der Waals surface area contributed by atoms with Crippen LogP contribution in [0.25, 0.3) is 11.1 Å². The standard InChI is InChI=1S/C18H14BrNO/c19-15-8-11-18(17(20)12-15)21-16-9-6-14(7-10-16)13-4-2-1-3-5-13/h1-12H,20H2. The van der Waals surface area contributed by atoms with Crippen molar-refractivity contribution >= 4 is 21.6 Å². The molecule has 0 fully saturated rings. The summed E-state index contributed by atoms with van der Waals surface area (Å²) in [5.41, 5.74) is 8.89. The van der Waals surface area contributed by atoms with Crippen molar-refractivity contribution in [1.82, 2.24) is 0 Å². The Hall–Kier alpha value is -2.26. The van der Waals surface area contributed by atoms with Gasteiger partial charge in [0, 0.05) is 4.47 Å². The second-order valence-electron chi connectivity index (χ2n) is 4.67. The van der Waals surface area contributed by atoms with E-state index in [2.05, 4.69) is 28.1 Å². The van der Waals surface area contributed by atoms with E-state index in [9.17, 15) is 0 Å². The molecule has 0 aromatic heterocycles. The van der Waals surface area contributed by atoms with E-state index in [1.807, 2.05) is 60.7 Å². The molecule has 0 saturated heterocycles. The van der Waals surface area contributed by atoms with Crippen molar-refractivity contribution in [2.24, 2.45) is 0 Å². The second kappa shape index (κ2) is 6.02. The number of nitrogen functional groups attached to an aromatic ring is 1. The highest BCUT2D eigenvalue weighted by molar-refractivity contribution is 9.10. The van der Waals surface area contributed by atoms with Crippen LogP contribution >= 0.6 is 15.9 Å². The van der Waals surface area contributed by atoms with Crippen LogP contribution in [0.4, 0.5) is 5.69 Å². The van der Waals surface area contributed by atoms with E-state index in [0.29, 0.717) is 11.4 Å². The van der Waals surface area contributed by atoms with Crippen LogP contribution in [-0.4, -0.2) is 0 Å². The molecule has 0 radical (unpaired) electrons. The van der Waals surface area contributed by atoms with Crippen molar-refractivity contribution in [1.29, 1.82) is 0 Å². The molecule has 0 aliphatic rings. The van der Waals surface area contributed by atoms with Gasteiger partial charge in [0.25, 0.3) is 0 Å². The highest BCUT2D eigenvalue weighted by atomic mass is 79.9. The van der Waals surface area contributed by atoms with Gasteiger partial charge in [0.1, 0.15) is 11.5 Å². The summed E-state index contributed by atoms with van der Waals surface area (Å²) in [5, 5.41) is 0. The van der Waals surface area contributed by atoms with Gasteiger partial charge in [-0.1, -0.05) is 58.4 Å². The van der Waals surface area contributed by atoms with E-state index in [0.717, 1.165) is 15.8 Å². The molecule has 0 amide bonds. The summed E-state index contributed by atoms with van der Waals surface area (Å²) < 4.78 is 6.75. The van der Waals surface area contributed by atoms with Gasteiger partial charge in [0.2, 0.25) is 0 Å². The number of hydrogen-bond donors (Lipinski definition) is 1. The first-order valence-electron chi connectivity index (χ1n) is 6.61. The van der Waals surface area contributed by atoms with E-state index in [1.54, 1.807) is 0 Å². The van der Waals surface area contributed by atoms with E-state index >= 15 is 0 Å². The summed E-state index contributed by atoms with van der Waals surface area (Å²) in [6.45, 7) is 0. The molecule has 0 aliphatic carbocycles. The molecule has 3 aromatic carbocycles. The number of halogens is 1. The lowest BCUT2D eigenvalue weighted by Crippen LogP contribution is -1.91. The maximum Gasteiger partial charge on any atom is 0.150 e. The number of rotatable bonds is 3. The Morgan fingerprint density at radius 2 is 1.43 bits per heavy atom. The summed E-state index contributed by atoms with van der Waals surface area (Å²) in [6.07, 6.45) is 0. The smallest absolute Gasteiger partial charge is 0.150 e. The molecule has 0 unspecified atom stereocenters. The fourth-order valence-corrected chi connectivity index (χ4v) is 2.46. The van der Waals surface area contributed by atoms with Gasteiger partial charge in [0.05, 0.1) is 5.69 Å². The van der Waals surface area contributed by atoms with Crippen LogP contribution in [0.2, 0.25) is 0 Å². The third-order valence-corrected chi connectivity index (χ3v) is 3.65. The summed E-state index contributed by atoms with van der Waals surface area (Å²) in [7, 11) is 0. The Balaban J connectivity index is 1.81. The Morgan fingerprint density at radius 1 is 0.762 bits per heavy atom. The van der Waals surface area contributed by atoms with Gasteiger partial charge < -0.3 is 10.5 Å². The highest BCUT2D eigenvalue weighted by Crippen LogP contribution is 2.31. The third-order valence-electron chi connectivity index (χ3n) is 3.16. The Morgan fingerprint density at radius 3 is 2.10 bits per heavy atom. The normalized spacial score (nSPS) is 10.3. The van der Waals surface area contributed by atoms with Crippen molar-refractivity contribution in [3.8, 4) is 22.6 Å². The average molecular weight is 340 g/mol. The minimum atomic E-state index is 0.608. The van der Waals surface area contributed by atoms with E-state index < -0.39 is 0 Å². The van der Waals surface area contributed by atoms with Crippen molar-refractivity contribution in [3.63, 3.8) is 0 Å². The van der Waals surface area contributed by atoms with Crippen LogP contribution in [-0.2, 0) is 0 Å². The minimum absolute atomic E-state index is 0.608. The van der Waals surface area contributed by atoms with Crippen LogP contribution in [0.1, 0.15) is 0 Å². The van der Waals surface area contributed by atoms with Gasteiger partial charge in [0.15, 0.2) is 0 Å². The average Bonchev–Trinajstić information content (AvgIpc) is 2.52.